The molecule has 0 fully saturated rings. The van der Waals surface area contributed by atoms with E-state index in [9.17, 15) is 4.79 Å². The molecule has 7 heteroatoms. The molecule has 0 N–H and O–H groups in total. The summed E-state index contributed by atoms with van der Waals surface area (Å²) in [6, 6.07) is 7.26. The highest BCUT2D eigenvalue weighted by Crippen LogP contribution is 2.28. The molecule has 1 amide bonds. The van der Waals surface area contributed by atoms with Gasteiger partial charge in [-0.05, 0) is 12.1 Å². The largest absolute Gasteiger partial charge is 0.495 e. The molecule has 0 saturated carbocycles. The van der Waals surface area contributed by atoms with Gasteiger partial charge in [0.2, 0.25) is 0 Å². The Bertz CT molecular complexity index is 458. The van der Waals surface area contributed by atoms with Gasteiger partial charge in [-0.3, -0.25) is 4.79 Å². The van der Waals surface area contributed by atoms with Crippen molar-refractivity contribution in [2.75, 3.05) is 19.1 Å². The van der Waals surface area contributed by atoms with E-state index >= 15 is 0 Å². The lowest BCUT2D eigenvalue weighted by molar-refractivity contribution is -0.116. The molecular formula is C11H11Cl3N2O2. The molecular weight excluding hydrogens is 298 g/mol. The number of halogens is 3. The second-order valence-electron chi connectivity index (χ2n) is 3.33. The highest BCUT2D eigenvalue weighted by Gasteiger charge is 2.29. The number of alkyl halides is 3. The van der Waals surface area contributed by atoms with E-state index in [4.69, 9.17) is 39.5 Å². The van der Waals surface area contributed by atoms with Crippen LogP contribution in [0.15, 0.2) is 29.3 Å². The molecule has 0 aliphatic rings. The summed E-state index contributed by atoms with van der Waals surface area (Å²) in [5.74, 6) is -0.206. The number of amides is 1. The van der Waals surface area contributed by atoms with Gasteiger partial charge in [-0.15, -0.1) is 0 Å². The molecule has 98 valence electrons. The maximum atomic E-state index is 11.3. The van der Waals surface area contributed by atoms with Crippen molar-refractivity contribution in [2.24, 2.45) is 4.99 Å². The van der Waals surface area contributed by atoms with Crippen molar-refractivity contribution in [3.05, 3.63) is 24.3 Å². The average molecular weight is 310 g/mol. The number of ether oxygens (including phenoxy) is 1. The molecule has 0 spiro atoms. The van der Waals surface area contributed by atoms with E-state index in [1.807, 2.05) is 18.2 Å². The minimum Gasteiger partial charge on any atom is -0.495 e. The fraction of sp³-hybridized carbons (Fsp3) is 0.273. The molecule has 4 nitrogen and oxygen atoms in total. The normalized spacial score (nSPS) is 11.6. The average Bonchev–Trinajstić information content (AvgIpc) is 2.34. The topological polar surface area (TPSA) is 41.9 Å². The van der Waals surface area contributed by atoms with Crippen LogP contribution in [0.2, 0.25) is 0 Å². The molecule has 0 atom stereocenters. The number of anilines is 1. The van der Waals surface area contributed by atoms with Gasteiger partial charge >= 0.3 is 0 Å². The summed E-state index contributed by atoms with van der Waals surface area (Å²) in [6.07, 6.45) is 1.27. The number of rotatable bonds is 3. The fourth-order valence-electron chi connectivity index (χ4n) is 1.20. The summed E-state index contributed by atoms with van der Waals surface area (Å²) in [5.41, 5.74) is 0.737. The van der Waals surface area contributed by atoms with Crippen LogP contribution < -0.4 is 9.64 Å². The zero-order valence-corrected chi connectivity index (χ0v) is 12.0. The number of para-hydroxylation sites is 2. The molecule has 0 heterocycles. The van der Waals surface area contributed by atoms with E-state index in [0.29, 0.717) is 5.75 Å². The Labute approximate surface area is 120 Å². The van der Waals surface area contributed by atoms with Gasteiger partial charge in [0.25, 0.3) is 9.70 Å². The maximum Gasteiger partial charge on any atom is 0.299 e. The van der Waals surface area contributed by atoms with Crippen LogP contribution in [0.3, 0.4) is 0 Å². The minimum atomic E-state index is -2.04. The van der Waals surface area contributed by atoms with Gasteiger partial charge in [-0.2, -0.15) is 4.99 Å². The first kappa shape index (κ1) is 15.1. The number of hydrogen-bond donors (Lipinski definition) is 0. The lowest BCUT2D eigenvalue weighted by atomic mass is 10.3. The summed E-state index contributed by atoms with van der Waals surface area (Å²) >= 11 is 16.2. The van der Waals surface area contributed by atoms with Gasteiger partial charge < -0.3 is 9.64 Å². The molecule has 1 rings (SSSR count). The second-order valence-corrected chi connectivity index (χ2v) is 5.61. The molecule has 0 saturated heterocycles. The predicted octanol–water partition coefficient (Wildman–Crippen LogP) is 3.06. The Morgan fingerprint density at radius 3 is 2.56 bits per heavy atom. The van der Waals surface area contributed by atoms with E-state index in [2.05, 4.69) is 4.99 Å². The van der Waals surface area contributed by atoms with Crippen molar-refractivity contribution >= 4 is 52.7 Å². The molecule has 0 bridgehead atoms. The van der Waals surface area contributed by atoms with E-state index < -0.39 is 9.70 Å². The van der Waals surface area contributed by atoms with Gasteiger partial charge in [0.1, 0.15) is 5.75 Å². The third-order valence-corrected chi connectivity index (χ3v) is 2.54. The Kier molecular flexibility index (Phi) is 5.26. The lowest BCUT2D eigenvalue weighted by Gasteiger charge is -2.16. The minimum absolute atomic E-state index is 0.646. The zero-order valence-electron chi connectivity index (χ0n) is 9.73. The smallest absolute Gasteiger partial charge is 0.299 e. The van der Waals surface area contributed by atoms with Crippen LogP contribution in [0.5, 0.6) is 5.75 Å². The van der Waals surface area contributed by atoms with Crippen molar-refractivity contribution in [3.63, 3.8) is 0 Å². The van der Waals surface area contributed by atoms with Gasteiger partial charge in [-0.25, -0.2) is 0 Å². The number of carbonyl (C=O) groups excluding carboxylic acids is 1. The first-order valence-electron chi connectivity index (χ1n) is 4.87. The Morgan fingerprint density at radius 2 is 2.00 bits per heavy atom. The number of nitrogens with zero attached hydrogens (tertiary/aromatic N) is 2. The third kappa shape index (κ3) is 4.05. The third-order valence-electron chi connectivity index (χ3n) is 2.06. The molecule has 0 radical (unpaired) electrons. The van der Waals surface area contributed by atoms with Gasteiger partial charge in [0.15, 0.2) is 0 Å². The van der Waals surface area contributed by atoms with E-state index in [0.717, 1.165) is 5.69 Å². The second kappa shape index (κ2) is 6.27. The number of hydrogen-bond acceptors (Lipinski definition) is 2. The Morgan fingerprint density at radius 1 is 1.39 bits per heavy atom. The van der Waals surface area contributed by atoms with E-state index in [-0.39, 0.29) is 0 Å². The maximum absolute atomic E-state index is 11.3. The summed E-state index contributed by atoms with van der Waals surface area (Å²) < 4.78 is 3.13. The molecule has 1 aromatic rings. The van der Waals surface area contributed by atoms with Crippen molar-refractivity contribution in [3.8, 4) is 5.75 Å². The standard InChI is InChI=1S/C11H11Cl3N2O2/c1-16(7-15-10(17)11(12,13)14)8-5-3-4-6-9(8)18-2/h3-7H,1-2H3. The van der Waals surface area contributed by atoms with Crippen LogP contribution in [0, 0.1) is 0 Å². The fourth-order valence-corrected chi connectivity index (χ4v) is 1.34. The van der Waals surface area contributed by atoms with Crippen LogP contribution >= 0.6 is 34.8 Å². The first-order chi connectivity index (χ1) is 8.36. The van der Waals surface area contributed by atoms with Gasteiger partial charge in [0, 0.05) is 7.05 Å². The van der Waals surface area contributed by atoms with Gasteiger partial charge in [0.05, 0.1) is 19.1 Å². The zero-order chi connectivity index (χ0) is 13.8. The summed E-state index contributed by atoms with van der Waals surface area (Å²) in [5, 5.41) is 0. The molecule has 18 heavy (non-hydrogen) atoms. The quantitative estimate of drug-likeness (QED) is 0.489. The first-order valence-corrected chi connectivity index (χ1v) is 6.01. The van der Waals surface area contributed by atoms with Crippen molar-refractivity contribution in [1.29, 1.82) is 0 Å². The van der Waals surface area contributed by atoms with Gasteiger partial charge in [-0.1, -0.05) is 46.9 Å². The Hall–Kier alpha value is -0.970. The molecule has 0 aromatic heterocycles. The lowest BCUT2D eigenvalue weighted by Crippen LogP contribution is -2.21. The molecule has 0 aliphatic heterocycles. The van der Waals surface area contributed by atoms with Crippen LogP contribution in [-0.4, -0.2) is 30.2 Å². The van der Waals surface area contributed by atoms with Crippen LogP contribution in [0.4, 0.5) is 5.69 Å². The molecule has 1 aromatic carbocycles. The summed E-state index contributed by atoms with van der Waals surface area (Å²) in [6.45, 7) is 0. The van der Waals surface area contributed by atoms with Crippen LogP contribution in [0.1, 0.15) is 0 Å². The van der Waals surface area contributed by atoms with Crippen molar-refractivity contribution in [2.45, 2.75) is 3.79 Å². The van der Waals surface area contributed by atoms with Crippen LogP contribution in [-0.2, 0) is 4.79 Å². The van der Waals surface area contributed by atoms with Crippen LogP contribution in [0.25, 0.3) is 0 Å². The monoisotopic (exact) mass is 308 g/mol. The van der Waals surface area contributed by atoms with E-state index in [1.54, 1.807) is 25.1 Å². The number of aliphatic imine (C=N–C) groups is 1. The highest BCUT2D eigenvalue weighted by atomic mass is 35.6. The highest BCUT2D eigenvalue weighted by molar-refractivity contribution is 6.76. The summed E-state index contributed by atoms with van der Waals surface area (Å²) in [4.78, 5) is 16.5. The van der Waals surface area contributed by atoms with Crippen molar-refractivity contribution < 1.29 is 9.53 Å². The predicted molar refractivity (Wildman–Crippen MR) is 75.2 cm³/mol. The SMILES string of the molecule is COc1ccccc1N(C)C=NC(=O)C(Cl)(Cl)Cl. The molecule has 0 unspecified atom stereocenters. The Balaban J connectivity index is 2.86. The number of carbonyl (C=O) groups is 1. The van der Waals surface area contributed by atoms with E-state index in [1.165, 1.54) is 6.34 Å². The number of methoxy groups -OCH3 is 1. The van der Waals surface area contributed by atoms with Crippen molar-refractivity contribution in [1.82, 2.24) is 0 Å². The number of benzene rings is 1. The summed E-state index contributed by atoms with van der Waals surface area (Å²) in [7, 11) is 3.25. The molecule has 0 aliphatic carbocycles.